The first-order chi connectivity index (χ1) is 31.6. The number of aliphatic hydroxyl groups excluding tert-OH is 1. The van der Waals surface area contributed by atoms with E-state index in [0.29, 0.717) is 29.9 Å². The van der Waals surface area contributed by atoms with Crippen molar-refractivity contribution in [1.82, 2.24) is 38.9 Å². The van der Waals surface area contributed by atoms with Gasteiger partial charge in [0, 0.05) is 66.3 Å². The van der Waals surface area contributed by atoms with E-state index in [4.69, 9.17) is 33.2 Å². The molecule has 2 aliphatic carbocycles. The third kappa shape index (κ3) is 11.4. The van der Waals surface area contributed by atoms with Gasteiger partial charge in [-0.25, -0.2) is 9.97 Å². The number of nitrogens with zero attached hydrogens (tertiary/aromatic N) is 8. The molecule has 10 rings (SSSR count). The van der Waals surface area contributed by atoms with Crippen molar-refractivity contribution in [2.75, 3.05) is 40.3 Å². The van der Waals surface area contributed by atoms with Crippen LogP contribution in [-0.4, -0.2) is 84.3 Å². The molecular weight excluding hydrogens is 872 g/mol. The van der Waals surface area contributed by atoms with Gasteiger partial charge in [0.05, 0.1) is 41.5 Å². The van der Waals surface area contributed by atoms with Crippen LogP contribution in [0.3, 0.4) is 0 Å². The standard InChI is InChI=1S/C27H31ClN4O.C27H29ClN4.2CH4/c1-31-12-9-18(10-13-31)26-22-7-6-21(28)15-20(22)14-19(23-4-3-11-29-27(23)26)5-8-25(33)24-16-32(2)17-30-24;1-31-13-10-19(11-14-31)26-24-9-8-22(28)16-21(24)15-20(25-7-4-12-29-27(25)26)5-3-6-23-17-32(2)18-30-23;;/h3-4,6-7,11,14-18,25-26,33H,5,8-10,12-13H2,1-2H3;3-4,6-9,12,15-19,26H,5,10-11,13-14H2,1-2H3;2*1H4/b;6-3+;;. The maximum Gasteiger partial charge on any atom is 0.0978 e. The second kappa shape index (κ2) is 22.3. The van der Waals surface area contributed by atoms with Crippen molar-refractivity contribution in [2.45, 2.75) is 77.7 Å². The zero-order chi connectivity index (χ0) is 45.0. The highest BCUT2D eigenvalue weighted by Gasteiger charge is 2.35. The summed E-state index contributed by atoms with van der Waals surface area (Å²) >= 11 is 12.9. The normalized spacial score (nSPS) is 19.1. The number of aryl methyl sites for hydroxylation is 2. The van der Waals surface area contributed by atoms with Crippen LogP contribution in [-0.2, 0) is 14.1 Å². The fraction of sp³-hybridized carbons (Fsp3) is 0.393. The minimum Gasteiger partial charge on any atom is -0.387 e. The van der Waals surface area contributed by atoms with Gasteiger partial charge in [-0.3, -0.25) is 9.97 Å². The molecule has 67 heavy (non-hydrogen) atoms. The maximum absolute atomic E-state index is 10.8. The molecule has 4 aliphatic rings. The molecule has 2 saturated heterocycles. The quantitative estimate of drug-likeness (QED) is 0.154. The molecule has 3 atom stereocenters. The Morgan fingerprint density at radius 3 is 1.67 bits per heavy atom. The van der Waals surface area contributed by atoms with Gasteiger partial charge in [-0.05, 0) is 178 Å². The Morgan fingerprint density at radius 1 is 0.657 bits per heavy atom. The number of aromatic nitrogens is 6. The molecule has 1 N–H and O–H groups in total. The van der Waals surface area contributed by atoms with Crippen LogP contribution in [0.15, 0.2) is 104 Å². The molecule has 0 radical (unpaired) electrons. The van der Waals surface area contributed by atoms with Crippen LogP contribution in [0.4, 0.5) is 0 Å². The van der Waals surface area contributed by atoms with Crippen molar-refractivity contribution in [3.8, 4) is 0 Å². The van der Waals surface area contributed by atoms with Crippen molar-refractivity contribution < 1.29 is 5.11 Å². The summed E-state index contributed by atoms with van der Waals surface area (Å²) < 4.78 is 3.83. The molecule has 6 aromatic rings. The van der Waals surface area contributed by atoms with Gasteiger partial charge in [-0.15, -0.1) is 0 Å². The number of imidazole rings is 2. The van der Waals surface area contributed by atoms with Crippen LogP contribution in [0.25, 0.3) is 29.4 Å². The molecule has 2 aromatic carbocycles. The van der Waals surface area contributed by atoms with E-state index in [9.17, 15) is 5.11 Å². The molecule has 0 amide bonds. The fourth-order valence-corrected chi connectivity index (χ4v) is 10.9. The van der Waals surface area contributed by atoms with E-state index in [1.54, 1.807) is 6.33 Å². The Labute approximate surface area is 408 Å². The number of rotatable bonds is 9. The zero-order valence-corrected chi connectivity index (χ0v) is 39.5. The summed E-state index contributed by atoms with van der Waals surface area (Å²) in [6, 6.07) is 21.2. The van der Waals surface area contributed by atoms with E-state index in [0.717, 1.165) is 73.3 Å². The van der Waals surface area contributed by atoms with Gasteiger partial charge >= 0.3 is 0 Å². The fourth-order valence-electron chi connectivity index (χ4n) is 10.5. The maximum atomic E-state index is 10.8. The van der Waals surface area contributed by atoms with Crippen molar-refractivity contribution in [3.05, 3.63) is 170 Å². The van der Waals surface area contributed by atoms with Crippen LogP contribution < -0.4 is 0 Å². The number of allylic oxidation sites excluding steroid dienone is 3. The molecule has 2 aliphatic heterocycles. The Kier molecular flexibility index (Phi) is 16.6. The smallest absolute Gasteiger partial charge is 0.0978 e. The van der Waals surface area contributed by atoms with Crippen LogP contribution in [0.2, 0.25) is 10.0 Å². The molecule has 4 aromatic heterocycles. The Morgan fingerprint density at radius 2 is 1.16 bits per heavy atom. The van der Waals surface area contributed by atoms with Crippen LogP contribution in [0.5, 0.6) is 0 Å². The molecular formula is C56H68Cl2N8O. The molecule has 3 unspecified atom stereocenters. The summed E-state index contributed by atoms with van der Waals surface area (Å²) in [5.74, 6) is 1.66. The first-order valence-electron chi connectivity index (χ1n) is 23.2. The zero-order valence-electron chi connectivity index (χ0n) is 38.0. The van der Waals surface area contributed by atoms with Crippen molar-refractivity contribution in [3.63, 3.8) is 0 Å². The van der Waals surface area contributed by atoms with E-state index in [1.165, 1.54) is 63.1 Å². The summed E-state index contributed by atoms with van der Waals surface area (Å²) in [6.07, 6.45) is 26.5. The van der Waals surface area contributed by atoms with E-state index in [2.05, 4.69) is 101 Å². The lowest BCUT2D eigenvalue weighted by atomic mass is 9.76. The van der Waals surface area contributed by atoms with Gasteiger partial charge in [0.15, 0.2) is 0 Å². The van der Waals surface area contributed by atoms with Crippen molar-refractivity contribution in [2.24, 2.45) is 25.9 Å². The van der Waals surface area contributed by atoms with Gasteiger partial charge < -0.3 is 24.0 Å². The summed E-state index contributed by atoms with van der Waals surface area (Å²) in [5.41, 5.74) is 14.1. The largest absolute Gasteiger partial charge is 0.387 e. The first kappa shape index (κ1) is 49.7. The molecule has 352 valence electrons. The summed E-state index contributed by atoms with van der Waals surface area (Å²) in [6.45, 7) is 4.50. The van der Waals surface area contributed by atoms with Crippen LogP contribution in [0, 0.1) is 11.8 Å². The highest BCUT2D eigenvalue weighted by Crippen LogP contribution is 2.47. The molecule has 0 saturated carbocycles. The second-order valence-corrected chi connectivity index (χ2v) is 19.5. The van der Waals surface area contributed by atoms with E-state index >= 15 is 0 Å². The number of likely N-dealkylation sites (tertiary alicyclic amines) is 2. The lowest BCUT2D eigenvalue weighted by Crippen LogP contribution is -2.33. The van der Waals surface area contributed by atoms with Gasteiger partial charge in [0.25, 0.3) is 0 Å². The van der Waals surface area contributed by atoms with E-state index < -0.39 is 6.10 Å². The molecule has 9 nitrogen and oxygen atoms in total. The lowest BCUT2D eigenvalue weighted by molar-refractivity contribution is 0.165. The molecule has 0 spiro atoms. The predicted octanol–water partition coefficient (Wildman–Crippen LogP) is 12.5. The highest BCUT2D eigenvalue weighted by molar-refractivity contribution is 6.31. The molecule has 0 bridgehead atoms. The average Bonchev–Trinajstić information content (AvgIpc) is 3.88. The van der Waals surface area contributed by atoms with E-state index in [-0.39, 0.29) is 20.8 Å². The Bertz CT molecular complexity index is 2700. The summed E-state index contributed by atoms with van der Waals surface area (Å²) in [4.78, 5) is 23.5. The first-order valence-corrected chi connectivity index (χ1v) is 23.9. The second-order valence-electron chi connectivity index (χ2n) is 18.6. The van der Waals surface area contributed by atoms with Gasteiger partial charge in [-0.1, -0.05) is 80.5 Å². The Balaban J connectivity index is 0.000000193. The number of halogens is 2. The van der Waals surface area contributed by atoms with Crippen molar-refractivity contribution >= 4 is 52.6 Å². The minimum absolute atomic E-state index is 0. The number of hydrogen-bond acceptors (Lipinski definition) is 7. The van der Waals surface area contributed by atoms with Crippen LogP contribution in [0.1, 0.15) is 134 Å². The van der Waals surface area contributed by atoms with Gasteiger partial charge in [0.1, 0.15) is 0 Å². The monoisotopic (exact) mass is 938 g/mol. The molecule has 6 heterocycles. The number of benzene rings is 2. The Hall–Kier alpha value is -5.16. The molecule has 11 heteroatoms. The number of aliphatic hydroxyl groups is 1. The van der Waals surface area contributed by atoms with Crippen LogP contribution >= 0.6 is 23.2 Å². The number of pyridine rings is 2. The predicted molar refractivity (Wildman–Crippen MR) is 279 cm³/mol. The van der Waals surface area contributed by atoms with Gasteiger partial charge in [-0.2, -0.15) is 0 Å². The van der Waals surface area contributed by atoms with Gasteiger partial charge in [0.2, 0.25) is 0 Å². The number of piperidine rings is 2. The topological polar surface area (TPSA) is 88.1 Å². The minimum atomic E-state index is -0.598. The third-order valence-corrected chi connectivity index (χ3v) is 14.4. The SMILES string of the molecule is C.C.CN1CCC(C2c3ccc(Cl)cc3C=C(C/C=C/c3cn(C)cn3)c3cccnc32)CC1.CN1CCC(C2c3ccc(Cl)cc3C=C(CCC(O)c3cn(C)cn3)c3cccnc32)CC1. The van der Waals surface area contributed by atoms with Crippen molar-refractivity contribution in [1.29, 1.82) is 0 Å². The average molecular weight is 940 g/mol. The summed E-state index contributed by atoms with van der Waals surface area (Å²) in [7, 11) is 8.33. The number of fused-ring (bicyclic) bond motifs is 4. The third-order valence-electron chi connectivity index (χ3n) is 14.0. The van der Waals surface area contributed by atoms with E-state index in [1.807, 2.05) is 72.5 Å². The molecule has 2 fully saturated rings. The number of hydrogen-bond donors (Lipinski definition) is 1. The summed E-state index contributed by atoms with van der Waals surface area (Å²) in [5, 5.41) is 12.3. The lowest BCUT2D eigenvalue weighted by Gasteiger charge is -2.35. The highest BCUT2D eigenvalue weighted by atomic mass is 35.5.